The van der Waals surface area contributed by atoms with E-state index < -0.39 is 0 Å². The van der Waals surface area contributed by atoms with Crippen LogP contribution in [0, 0.1) is 0 Å². The summed E-state index contributed by atoms with van der Waals surface area (Å²) in [5.74, 6) is 0. The zero-order chi connectivity index (χ0) is 13.8. The first kappa shape index (κ1) is 13.8. The summed E-state index contributed by atoms with van der Waals surface area (Å²) in [6, 6.07) is 19.8. The molecule has 0 saturated carbocycles. The number of nitrogens with zero attached hydrogens (tertiary/aromatic N) is 1. The van der Waals surface area contributed by atoms with Crippen LogP contribution < -0.4 is 5.32 Å². The number of benzene rings is 2. The van der Waals surface area contributed by atoms with Gasteiger partial charge in [-0.1, -0.05) is 58.4 Å². The van der Waals surface area contributed by atoms with Crippen LogP contribution in [0.5, 0.6) is 0 Å². The van der Waals surface area contributed by atoms with Crippen LogP contribution in [0.1, 0.15) is 17.2 Å². The summed E-state index contributed by atoms with van der Waals surface area (Å²) in [5, 5.41) is 3.61. The van der Waals surface area contributed by atoms with Crippen molar-refractivity contribution in [2.24, 2.45) is 0 Å². The second kappa shape index (κ2) is 6.53. The third-order valence-corrected chi connectivity index (χ3v) is 4.31. The lowest BCUT2D eigenvalue weighted by Gasteiger charge is -2.34. The Morgan fingerprint density at radius 2 is 1.80 bits per heavy atom. The van der Waals surface area contributed by atoms with Gasteiger partial charge in [-0.25, -0.2) is 0 Å². The Morgan fingerprint density at radius 1 is 1.05 bits per heavy atom. The predicted octanol–water partition coefficient (Wildman–Crippen LogP) is 3.60. The Bertz CT molecular complexity index is 539. The van der Waals surface area contributed by atoms with Crippen LogP contribution in [0.4, 0.5) is 0 Å². The molecule has 2 aromatic rings. The van der Waals surface area contributed by atoms with Gasteiger partial charge in [-0.15, -0.1) is 0 Å². The highest BCUT2D eigenvalue weighted by atomic mass is 79.9. The lowest BCUT2D eigenvalue weighted by atomic mass is 10.0. The van der Waals surface area contributed by atoms with E-state index in [0.29, 0.717) is 6.04 Å². The van der Waals surface area contributed by atoms with Gasteiger partial charge in [0.1, 0.15) is 0 Å². The molecule has 3 rings (SSSR count). The molecule has 0 amide bonds. The van der Waals surface area contributed by atoms with E-state index in [2.05, 4.69) is 80.7 Å². The van der Waals surface area contributed by atoms with Crippen molar-refractivity contribution in [1.29, 1.82) is 0 Å². The van der Waals surface area contributed by atoms with Gasteiger partial charge in [0.2, 0.25) is 0 Å². The Balaban J connectivity index is 1.66. The van der Waals surface area contributed by atoms with Crippen LogP contribution in [0.2, 0.25) is 0 Å². The zero-order valence-electron chi connectivity index (χ0n) is 11.4. The van der Waals surface area contributed by atoms with Crippen LogP contribution >= 0.6 is 15.9 Å². The van der Waals surface area contributed by atoms with Crippen molar-refractivity contribution in [3.63, 3.8) is 0 Å². The van der Waals surface area contributed by atoms with Gasteiger partial charge in [0.25, 0.3) is 0 Å². The highest BCUT2D eigenvalue weighted by Crippen LogP contribution is 2.20. The Hall–Kier alpha value is -1.16. The Morgan fingerprint density at radius 3 is 2.55 bits per heavy atom. The highest BCUT2D eigenvalue weighted by molar-refractivity contribution is 9.10. The monoisotopic (exact) mass is 330 g/mol. The maximum Gasteiger partial charge on any atom is 0.0449 e. The third kappa shape index (κ3) is 3.48. The van der Waals surface area contributed by atoms with E-state index in [-0.39, 0.29) is 0 Å². The van der Waals surface area contributed by atoms with Crippen molar-refractivity contribution in [3.05, 3.63) is 70.2 Å². The minimum Gasteiger partial charge on any atom is -0.308 e. The summed E-state index contributed by atoms with van der Waals surface area (Å²) >= 11 is 3.49. The molecule has 1 N–H and O–H groups in total. The molecule has 1 saturated heterocycles. The lowest BCUT2D eigenvalue weighted by Crippen LogP contribution is -2.45. The molecule has 1 fully saturated rings. The van der Waals surface area contributed by atoms with E-state index in [1.54, 1.807) is 0 Å². The van der Waals surface area contributed by atoms with Gasteiger partial charge in [-0.3, -0.25) is 4.90 Å². The summed E-state index contributed by atoms with van der Waals surface area (Å²) < 4.78 is 1.14. The van der Waals surface area contributed by atoms with Crippen molar-refractivity contribution >= 4 is 15.9 Å². The number of halogens is 1. The second-order valence-corrected chi connectivity index (χ2v) is 6.19. The fourth-order valence-corrected chi connectivity index (χ4v) is 2.98. The molecular formula is C17H19BrN2. The van der Waals surface area contributed by atoms with Crippen LogP contribution in [-0.4, -0.2) is 24.5 Å². The number of hydrogen-bond donors (Lipinski definition) is 1. The SMILES string of the molecule is Brc1ccc([C@@H]2CN(Cc3ccccc3)CCN2)cc1. The maximum atomic E-state index is 3.61. The molecule has 0 spiro atoms. The molecule has 3 heteroatoms. The molecular weight excluding hydrogens is 312 g/mol. The molecule has 0 bridgehead atoms. The zero-order valence-corrected chi connectivity index (χ0v) is 13.0. The van der Waals surface area contributed by atoms with Crippen molar-refractivity contribution in [2.45, 2.75) is 12.6 Å². The van der Waals surface area contributed by atoms with E-state index in [9.17, 15) is 0 Å². The Kier molecular flexibility index (Phi) is 4.51. The first-order valence-corrected chi connectivity index (χ1v) is 7.86. The van der Waals surface area contributed by atoms with E-state index >= 15 is 0 Å². The van der Waals surface area contributed by atoms with Gasteiger partial charge in [0.05, 0.1) is 0 Å². The fraction of sp³-hybridized carbons (Fsp3) is 0.294. The third-order valence-electron chi connectivity index (χ3n) is 3.78. The molecule has 104 valence electrons. The molecule has 0 unspecified atom stereocenters. The molecule has 0 aliphatic carbocycles. The molecule has 1 heterocycles. The van der Waals surface area contributed by atoms with E-state index in [4.69, 9.17) is 0 Å². The standard InChI is InChI=1S/C17H19BrN2/c18-16-8-6-15(7-9-16)17-13-20(11-10-19-17)12-14-4-2-1-3-5-14/h1-9,17,19H,10-13H2/t17-/m0/s1. The van der Waals surface area contributed by atoms with Gasteiger partial charge < -0.3 is 5.32 Å². The van der Waals surface area contributed by atoms with E-state index in [0.717, 1.165) is 30.7 Å². The number of nitrogens with one attached hydrogen (secondary N) is 1. The summed E-state index contributed by atoms with van der Waals surface area (Å²) in [6.45, 7) is 4.27. The van der Waals surface area contributed by atoms with E-state index in [1.165, 1.54) is 11.1 Å². The molecule has 0 radical (unpaired) electrons. The fourth-order valence-electron chi connectivity index (χ4n) is 2.71. The Labute approximate surface area is 128 Å². The van der Waals surface area contributed by atoms with Gasteiger partial charge >= 0.3 is 0 Å². The summed E-state index contributed by atoms with van der Waals surface area (Å²) in [7, 11) is 0. The average molecular weight is 331 g/mol. The summed E-state index contributed by atoms with van der Waals surface area (Å²) in [6.07, 6.45) is 0. The van der Waals surface area contributed by atoms with Crippen molar-refractivity contribution < 1.29 is 0 Å². The first-order chi connectivity index (χ1) is 9.81. The number of rotatable bonds is 3. The largest absolute Gasteiger partial charge is 0.308 e. The average Bonchev–Trinajstić information content (AvgIpc) is 2.49. The smallest absolute Gasteiger partial charge is 0.0449 e. The highest BCUT2D eigenvalue weighted by Gasteiger charge is 2.20. The van der Waals surface area contributed by atoms with Crippen molar-refractivity contribution in [3.8, 4) is 0 Å². The second-order valence-electron chi connectivity index (χ2n) is 5.28. The normalized spacial score (nSPS) is 19.9. The van der Waals surface area contributed by atoms with Crippen molar-refractivity contribution in [2.75, 3.05) is 19.6 Å². The minimum absolute atomic E-state index is 0.431. The minimum atomic E-state index is 0.431. The summed E-state index contributed by atoms with van der Waals surface area (Å²) in [5.41, 5.74) is 2.76. The molecule has 20 heavy (non-hydrogen) atoms. The van der Waals surface area contributed by atoms with Gasteiger partial charge in [-0.05, 0) is 23.3 Å². The molecule has 1 aliphatic heterocycles. The quantitative estimate of drug-likeness (QED) is 0.925. The molecule has 2 nitrogen and oxygen atoms in total. The van der Waals surface area contributed by atoms with Crippen LogP contribution in [0.25, 0.3) is 0 Å². The van der Waals surface area contributed by atoms with Gasteiger partial charge in [0.15, 0.2) is 0 Å². The maximum absolute atomic E-state index is 3.61. The summed E-state index contributed by atoms with van der Waals surface area (Å²) in [4.78, 5) is 2.53. The molecule has 1 atom stereocenters. The van der Waals surface area contributed by atoms with Crippen LogP contribution in [0.3, 0.4) is 0 Å². The molecule has 1 aliphatic rings. The number of hydrogen-bond acceptors (Lipinski definition) is 2. The molecule has 0 aromatic heterocycles. The van der Waals surface area contributed by atoms with Gasteiger partial charge in [0, 0.05) is 36.7 Å². The van der Waals surface area contributed by atoms with E-state index in [1.807, 2.05) is 0 Å². The predicted molar refractivity (Wildman–Crippen MR) is 86.6 cm³/mol. The van der Waals surface area contributed by atoms with Crippen molar-refractivity contribution in [1.82, 2.24) is 10.2 Å². The van der Waals surface area contributed by atoms with Crippen LogP contribution in [0.15, 0.2) is 59.1 Å². The first-order valence-electron chi connectivity index (χ1n) is 7.06. The van der Waals surface area contributed by atoms with Gasteiger partial charge in [-0.2, -0.15) is 0 Å². The lowest BCUT2D eigenvalue weighted by molar-refractivity contribution is 0.193. The molecule has 2 aromatic carbocycles. The topological polar surface area (TPSA) is 15.3 Å². The number of piperazine rings is 1. The van der Waals surface area contributed by atoms with Crippen LogP contribution in [-0.2, 0) is 6.54 Å².